The van der Waals surface area contributed by atoms with E-state index in [1.54, 1.807) is 24.4 Å². The summed E-state index contributed by atoms with van der Waals surface area (Å²) in [6.45, 7) is 2.70. The Balaban J connectivity index is 1.71. The van der Waals surface area contributed by atoms with Gasteiger partial charge in [-0.2, -0.15) is 0 Å². The molecule has 0 radical (unpaired) electrons. The van der Waals surface area contributed by atoms with E-state index < -0.39 is 34.9 Å². The molecule has 1 aromatic carbocycles. The summed E-state index contributed by atoms with van der Waals surface area (Å²) in [6.07, 6.45) is 3.13. The van der Waals surface area contributed by atoms with Crippen molar-refractivity contribution in [1.82, 2.24) is 9.47 Å². The van der Waals surface area contributed by atoms with Gasteiger partial charge in [-0.1, -0.05) is 6.92 Å². The molecule has 1 aromatic heterocycles. The number of piperidine rings is 1. The maximum absolute atomic E-state index is 13.2. The summed E-state index contributed by atoms with van der Waals surface area (Å²) >= 11 is 0. The molecule has 2 aromatic rings. The van der Waals surface area contributed by atoms with Crippen LogP contribution in [0.25, 0.3) is 5.69 Å². The highest BCUT2D eigenvalue weighted by molar-refractivity contribution is 7.90. The number of pyridine rings is 1. The highest BCUT2D eigenvalue weighted by atomic mass is 32.2. The summed E-state index contributed by atoms with van der Waals surface area (Å²) in [5.74, 6) is 0.370. The van der Waals surface area contributed by atoms with Crippen molar-refractivity contribution in [2.45, 2.75) is 68.7 Å². The van der Waals surface area contributed by atoms with Crippen molar-refractivity contribution < 1.29 is 31.5 Å². The average Bonchev–Trinajstić information content (AvgIpc) is 2.83. The van der Waals surface area contributed by atoms with E-state index in [0.717, 1.165) is 6.26 Å². The molecule has 1 aliphatic rings. The first kappa shape index (κ1) is 27.6. The Hall–Kier alpha value is -2.95. The van der Waals surface area contributed by atoms with Crippen molar-refractivity contribution >= 4 is 15.9 Å². The molecule has 3 rings (SSSR count). The zero-order chi connectivity index (χ0) is 26.7. The molecular formula is C25H32F2N2O6S. The van der Waals surface area contributed by atoms with E-state index in [0.29, 0.717) is 30.7 Å². The summed E-state index contributed by atoms with van der Waals surface area (Å²) < 4.78 is 62.3. The summed E-state index contributed by atoms with van der Waals surface area (Å²) in [5.41, 5.74) is -1.64. The number of benzene rings is 1. The van der Waals surface area contributed by atoms with Gasteiger partial charge in [0.2, 0.25) is 0 Å². The van der Waals surface area contributed by atoms with Gasteiger partial charge in [0.1, 0.15) is 25.2 Å². The Bertz CT molecular complexity index is 1230. The van der Waals surface area contributed by atoms with Gasteiger partial charge in [0.25, 0.3) is 5.56 Å². The number of alkyl halides is 2. The van der Waals surface area contributed by atoms with Gasteiger partial charge in [-0.3, -0.25) is 9.36 Å². The largest absolute Gasteiger partial charge is 0.490 e. The van der Waals surface area contributed by atoms with Crippen LogP contribution in [0.5, 0.6) is 5.75 Å². The van der Waals surface area contributed by atoms with E-state index in [2.05, 4.69) is 0 Å². The number of sulfone groups is 1. The monoisotopic (exact) mass is 526 g/mol. The van der Waals surface area contributed by atoms with Crippen molar-refractivity contribution in [1.29, 1.82) is 0 Å². The van der Waals surface area contributed by atoms with E-state index in [1.807, 2.05) is 13.8 Å². The molecule has 198 valence electrons. The topological polar surface area (TPSA) is 94.9 Å². The lowest BCUT2D eigenvalue weighted by atomic mass is 9.92. The van der Waals surface area contributed by atoms with Crippen molar-refractivity contribution in [2.75, 3.05) is 19.6 Å². The normalized spacial score (nSPS) is 20.7. The van der Waals surface area contributed by atoms with Crippen LogP contribution in [0.1, 0.15) is 40.0 Å². The van der Waals surface area contributed by atoms with Gasteiger partial charge < -0.3 is 14.4 Å². The number of hydrogen-bond acceptors (Lipinski definition) is 6. The zero-order valence-electron chi connectivity index (χ0n) is 20.8. The lowest BCUT2D eigenvalue weighted by Gasteiger charge is -2.43. The molecule has 0 aliphatic carbocycles. The second-order valence-electron chi connectivity index (χ2n) is 9.45. The number of halogens is 2. The first-order chi connectivity index (χ1) is 16.9. The predicted molar refractivity (Wildman–Crippen MR) is 131 cm³/mol. The first-order valence-electron chi connectivity index (χ1n) is 11.7. The number of likely N-dealkylation sites (tertiary alicyclic amines) is 1. The summed E-state index contributed by atoms with van der Waals surface area (Å²) in [5, 5.41) is 0. The van der Waals surface area contributed by atoms with Crippen LogP contribution in [-0.4, -0.2) is 67.4 Å². The van der Waals surface area contributed by atoms with Crippen LogP contribution < -0.4 is 10.3 Å². The SMILES string of the molecule is CC[C@@H]1C[C@H](Oc2ccn(-c3ccc(S(C)(=O)=O)cc3)c(=O)c2)C[C@@H](C)N1C(=O)OC(C)(CF)CF. The van der Waals surface area contributed by atoms with Crippen molar-refractivity contribution in [2.24, 2.45) is 0 Å². The highest BCUT2D eigenvalue weighted by Gasteiger charge is 2.40. The molecular weight excluding hydrogens is 494 g/mol. The number of ether oxygens (including phenoxy) is 2. The number of aromatic nitrogens is 1. The molecule has 36 heavy (non-hydrogen) atoms. The van der Waals surface area contributed by atoms with Gasteiger partial charge >= 0.3 is 6.09 Å². The quantitative estimate of drug-likeness (QED) is 0.514. The number of carbonyl (C=O) groups is 1. The maximum atomic E-state index is 13.2. The molecule has 1 amide bonds. The van der Waals surface area contributed by atoms with Crippen LogP contribution in [0.3, 0.4) is 0 Å². The fourth-order valence-electron chi connectivity index (χ4n) is 4.30. The van der Waals surface area contributed by atoms with Crippen LogP contribution in [0.4, 0.5) is 13.6 Å². The second kappa shape index (κ2) is 11.0. The van der Waals surface area contributed by atoms with Crippen molar-refractivity contribution in [3.63, 3.8) is 0 Å². The van der Waals surface area contributed by atoms with Crippen LogP contribution in [0.15, 0.2) is 52.3 Å². The lowest BCUT2D eigenvalue weighted by Crippen LogP contribution is -2.55. The first-order valence-corrected chi connectivity index (χ1v) is 13.6. The lowest BCUT2D eigenvalue weighted by molar-refractivity contribution is -0.0525. The average molecular weight is 527 g/mol. The molecule has 0 N–H and O–H groups in total. The second-order valence-corrected chi connectivity index (χ2v) is 11.5. The molecule has 8 nitrogen and oxygen atoms in total. The predicted octanol–water partition coefficient (Wildman–Crippen LogP) is 4.09. The molecule has 0 bridgehead atoms. The van der Waals surface area contributed by atoms with Gasteiger partial charge in [0.05, 0.1) is 4.90 Å². The van der Waals surface area contributed by atoms with E-state index in [-0.39, 0.29) is 28.6 Å². The van der Waals surface area contributed by atoms with Crippen LogP contribution >= 0.6 is 0 Å². The van der Waals surface area contributed by atoms with Crippen molar-refractivity contribution in [3.05, 3.63) is 52.9 Å². The van der Waals surface area contributed by atoms with E-state index in [1.165, 1.54) is 34.6 Å². The molecule has 0 unspecified atom stereocenters. The number of hydrogen-bond donors (Lipinski definition) is 0. The van der Waals surface area contributed by atoms with Crippen LogP contribution in [-0.2, 0) is 14.6 Å². The molecule has 2 heterocycles. The third-order valence-corrected chi connectivity index (χ3v) is 7.45. The molecule has 0 saturated carbocycles. The number of rotatable bonds is 8. The highest BCUT2D eigenvalue weighted by Crippen LogP contribution is 2.30. The fraction of sp³-hybridized carbons (Fsp3) is 0.520. The molecule has 1 fully saturated rings. The molecule has 11 heteroatoms. The smallest absolute Gasteiger partial charge is 0.410 e. The zero-order valence-corrected chi connectivity index (χ0v) is 21.6. The minimum absolute atomic E-state index is 0.160. The maximum Gasteiger partial charge on any atom is 0.410 e. The fourth-order valence-corrected chi connectivity index (χ4v) is 4.93. The third kappa shape index (κ3) is 6.24. The third-order valence-electron chi connectivity index (χ3n) is 6.33. The van der Waals surface area contributed by atoms with Crippen LogP contribution in [0, 0.1) is 0 Å². The summed E-state index contributed by atoms with van der Waals surface area (Å²) in [7, 11) is -3.34. The molecule has 0 spiro atoms. The van der Waals surface area contributed by atoms with Crippen molar-refractivity contribution in [3.8, 4) is 11.4 Å². The summed E-state index contributed by atoms with van der Waals surface area (Å²) in [6, 6.07) is 8.42. The van der Waals surface area contributed by atoms with Crippen LogP contribution in [0.2, 0.25) is 0 Å². The number of carbonyl (C=O) groups excluding carboxylic acids is 1. The number of nitrogens with zero attached hydrogens (tertiary/aromatic N) is 2. The molecule has 3 atom stereocenters. The Labute approximate surface area is 209 Å². The van der Waals surface area contributed by atoms with E-state index in [9.17, 15) is 26.8 Å². The Morgan fingerprint density at radius 3 is 2.31 bits per heavy atom. The minimum Gasteiger partial charge on any atom is -0.490 e. The van der Waals surface area contributed by atoms with Gasteiger partial charge in [0.15, 0.2) is 15.4 Å². The van der Waals surface area contributed by atoms with Gasteiger partial charge in [-0.05, 0) is 50.6 Å². The van der Waals surface area contributed by atoms with E-state index >= 15 is 0 Å². The Morgan fingerprint density at radius 1 is 1.14 bits per heavy atom. The Kier molecular flexibility index (Phi) is 8.43. The molecule has 1 aliphatic heterocycles. The minimum atomic E-state index is -3.34. The molecule has 1 saturated heterocycles. The number of amides is 1. The standard InChI is InChI=1S/C25H32F2N2O6S/c1-5-18-13-21(12-17(2)29(18)24(31)35-25(3,15-26)16-27)34-20-10-11-28(23(30)14-20)19-6-8-22(9-7-19)36(4,32)33/h6-11,14,17-18,21H,5,12-13,15-16H2,1-4H3/t17-,18-,21-/m1/s1. The van der Waals surface area contributed by atoms with Gasteiger partial charge in [0, 0.05) is 49.1 Å². The van der Waals surface area contributed by atoms with Gasteiger partial charge in [-0.15, -0.1) is 0 Å². The Morgan fingerprint density at radius 2 is 1.78 bits per heavy atom. The summed E-state index contributed by atoms with van der Waals surface area (Å²) in [4.78, 5) is 27.1. The van der Waals surface area contributed by atoms with E-state index in [4.69, 9.17) is 9.47 Å². The van der Waals surface area contributed by atoms with Gasteiger partial charge in [-0.25, -0.2) is 22.0 Å².